The van der Waals surface area contributed by atoms with Gasteiger partial charge >= 0.3 is 0 Å². The molecule has 1 atom stereocenters. The first-order valence-corrected chi connectivity index (χ1v) is 6.82. The van der Waals surface area contributed by atoms with Gasteiger partial charge in [-0.15, -0.1) is 0 Å². The zero-order valence-corrected chi connectivity index (χ0v) is 11.9. The maximum Gasteiger partial charge on any atom is 0.129 e. The average molecular weight is 276 g/mol. The van der Waals surface area contributed by atoms with E-state index in [1.165, 1.54) is 5.56 Å². The Morgan fingerprint density at radius 2 is 1.89 bits per heavy atom. The first-order valence-electron chi connectivity index (χ1n) is 6.44. The lowest BCUT2D eigenvalue weighted by molar-refractivity contribution is 0.220. The van der Waals surface area contributed by atoms with Crippen molar-refractivity contribution in [2.24, 2.45) is 5.92 Å². The molecular formula is C16H18ClNO. The standard InChI is InChI=1S/C16H18ClNO/c1-11(2)8-12-4-3-5-13(9-12)16(19)14-6-7-18-15(17)10-14/h3-7,9-11,16,19H,8H2,1-2H3. The zero-order chi connectivity index (χ0) is 13.8. The Hall–Kier alpha value is -1.38. The molecule has 2 nitrogen and oxygen atoms in total. The number of rotatable bonds is 4. The van der Waals surface area contributed by atoms with Crippen LogP contribution in [-0.4, -0.2) is 10.1 Å². The van der Waals surface area contributed by atoms with Gasteiger partial charge in [0.1, 0.15) is 11.3 Å². The predicted octanol–water partition coefficient (Wildman–Crippen LogP) is 4.02. The summed E-state index contributed by atoms with van der Waals surface area (Å²) in [5.74, 6) is 0.600. The molecule has 3 heteroatoms. The number of aliphatic hydroxyl groups is 1. The Morgan fingerprint density at radius 1 is 1.16 bits per heavy atom. The molecule has 1 N–H and O–H groups in total. The molecule has 0 saturated carbocycles. The lowest BCUT2D eigenvalue weighted by atomic mass is 9.97. The molecule has 100 valence electrons. The fourth-order valence-corrected chi connectivity index (χ4v) is 2.32. The molecule has 1 aromatic heterocycles. The van der Waals surface area contributed by atoms with Gasteiger partial charge in [0.2, 0.25) is 0 Å². The second-order valence-corrected chi connectivity index (χ2v) is 5.54. The molecule has 0 spiro atoms. The third-order valence-corrected chi connectivity index (χ3v) is 3.18. The van der Waals surface area contributed by atoms with Crippen molar-refractivity contribution in [3.8, 4) is 0 Å². The van der Waals surface area contributed by atoms with E-state index >= 15 is 0 Å². The van der Waals surface area contributed by atoms with E-state index in [0.717, 1.165) is 17.5 Å². The number of hydrogen-bond donors (Lipinski definition) is 1. The summed E-state index contributed by atoms with van der Waals surface area (Å²) in [6, 6.07) is 11.5. The molecule has 0 bridgehead atoms. The van der Waals surface area contributed by atoms with Crippen LogP contribution in [0.25, 0.3) is 0 Å². The van der Waals surface area contributed by atoms with Gasteiger partial charge in [-0.05, 0) is 41.2 Å². The second-order valence-electron chi connectivity index (χ2n) is 5.16. The lowest BCUT2D eigenvalue weighted by Gasteiger charge is -2.13. The van der Waals surface area contributed by atoms with E-state index in [0.29, 0.717) is 11.1 Å². The summed E-state index contributed by atoms with van der Waals surface area (Å²) in [7, 11) is 0. The van der Waals surface area contributed by atoms with Crippen molar-refractivity contribution in [1.29, 1.82) is 0 Å². The van der Waals surface area contributed by atoms with Crippen molar-refractivity contribution in [2.45, 2.75) is 26.4 Å². The van der Waals surface area contributed by atoms with Crippen LogP contribution >= 0.6 is 11.6 Å². The van der Waals surface area contributed by atoms with Gasteiger partial charge in [-0.1, -0.05) is 49.7 Å². The van der Waals surface area contributed by atoms with Gasteiger partial charge in [0.05, 0.1) is 0 Å². The number of pyridine rings is 1. The van der Waals surface area contributed by atoms with Gasteiger partial charge in [-0.2, -0.15) is 0 Å². The predicted molar refractivity (Wildman–Crippen MR) is 78.3 cm³/mol. The minimum atomic E-state index is -0.660. The molecule has 1 unspecified atom stereocenters. The highest BCUT2D eigenvalue weighted by atomic mass is 35.5. The van der Waals surface area contributed by atoms with Crippen LogP contribution in [0.5, 0.6) is 0 Å². The largest absolute Gasteiger partial charge is 0.384 e. The second kappa shape index (κ2) is 6.18. The molecule has 1 heterocycles. The Morgan fingerprint density at radius 3 is 2.58 bits per heavy atom. The number of benzene rings is 1. The Kier molecular flexibility index (Phi) is 4.56. The first kappa shape index (κ1) is 14.0. The molecule has 1 aromatic carbocycles. The van der Waals surface area contributed by atoms with Gasteiger partial charge in [-0.25, -0.2) is 4.98 Å². The van der Waals surface area contributed by atoms with Crippen LogP contribution in [0.1, 0.15) is 36.6 Å². The van der Waals surface area contributed by atoms with Crippen LogP contribution in [0.2, 0.25) is 5.15 Å². The average Bonchev–Trinajstić information content (AvgIpc) is 2.37. The van der Waals surface area contributed by atoms with E-state index in [-0.39, 0.29) is 0 Å². The molecule has 0 radical (unpaired) electrons. The number of hydrogen-bond acceptors (Lipinski definition) is 2. The van der Waals surface area contributed by atoms with Gasteiger partial charge in [0, 0.05) is 6.20 Å². The fraction of sp³-hybridized carbons (Fsp3) is 0.312. The number of nitrogens with zero attached hydrogens (tertiary/aromatic N) is 1. The molecule has 0 amide bonds. The highest BCUT2D eigenvalue weighted by molar-refractivity contribution is 6.29. The van der Waals surface area contributed by atoms with Crippen molar-refractivity contribution in [1.82, 2.24) is 4.98 Å². The molecule has 0 aliphatic heterocycles. The van der Waals surface area contributed by atoms with Crippen molar-refractivity contribution in [3.63, 3.8) is 0 Å². The topological polar surface area (TPSA) is 33.1 Å². The molecule has 2 aromatic rings. The maximum atomic E-state index is 10.4. The van der Waals surface area contributed by atoms with E-state index < -0.39 is 6.10 Å². The van der Waals surface area contributed by atoms with E-state index in [4.69, 9.17) is 11.6 Å². The molecule has 0 aliphatic rings. The Bertz CT molecular complexity index is 554. The van der Waals surface area contributed by atoms with Crippen LogP contribution in [0.15, 0.2) is 42.6 Å². The van der Waals surface area contributed by atoms with E-state index in [1.807, 2.05) is 12.1 Å². The van der Waals surface area contributed by atoms with E-state index in [9.17, 15) is 5.11 Å². The number of aromatic nitrogens is 1. The monoisotopic (exact) mass is 275 g/mol. The van der Waals surface area contributed by atoms with Gasteiger partial charge in [0.15, 0.2) is 0 Å². The molecule has 19 heavy (non-hydrogen) atoms. The normalized spacial score (nSPS) is 12.7. The summed E-state index contributed by atoms with van der Waals surface area (Å²) in [5.41, 5.74) is 2.90. The van der Waals surface area contributed by atoms with Gasteiger partial charge in [-0.3, -0.25) is 0 Å². The highest BCUT2D eigenvalue weighted by Gasteiger charge is 2.11. The zero-order valence-electron chi connectivity index (χ0n) is 11.2. The minimum absolute atomic E-state index is 0.398. The van der Waals surface area contributed by atoms with Crippen molar-refractivity contribution in [3.05, 3.63) is 64.4 Å². The summed E-state index contributed by atoms with van der Waals surface area (Å²) in [6.07, 6.45) is 1.96. The highest BCUT2D eigenvalue weighted by Crippen LogP contribution is 2.24. The first-order chi connectivity index (χ1) is 9.06. The lowest BCUT2D eigenvalue weighted by Crippen LogP contribution is -2.02. The van der Waals surface area contributed by atoms with Crippen LogP contribution in [0.4, 0.5) is 0 Å². The molecule has 2 rings (SSSR count). The fourth-order valence-electron chi connectivity index (χ4n) is 2.14. The smallest absolute Gasteiger partial charge is 0.129 e. The van der Waals surface area contributed by atoms with E-state index in [1.54, 1.807) is 18.3 Å². The maximum absolute atomic E-state index is 10.4. The van der Waals surface area contributed by atoms with Crippen molar-refractivity contribution >= 4 is 11.6 Å². The third-order valence-electron chi connectivity index (χ3n) is 2.98. The SMILES string of the molecule is CC(C)Cc1cccc(C(O)c2ccnc(Cl)c2)c1. The van der Waals surface area contributed by atoms with Crippen LogP contribution in [0, 0.1) is 5.92 Å². The molecule has 0 fully saturated rings. The summed E-state index contributed by atoms with van der Waals surface area (Å²) in [5, 5.41) is 10.8. The van der Waals surface area contributed by atoms with Crippen LogP contribution in [-0.2, 0) is 6.42 Å². The molecule has 0 saturated heterocycles. The van der Waals surface area contributed by atoms with Gasteiger partial charge in [0.25, 0.3) is 0 Å². The summed E-state index contributed by atoms with van der Waals surface area (Å²) >= 11 is 5.85. The summed E-state index contributed by atoms with van der Waals surface area (Å²) < 4.78 is 0. The molecular weight excluding hydrogens is 258 g/mol. The molecule has 0 aliphatic carbocycles. The van der Waals surface area contributed by atoms with E-state index in [2.05, 4.69) is 31.0 Å². The van der Waals surface area contributed by atoms with Crippen molar-refractivity contribution < 1.29 is 5.11 Å². The minimum Gasteiger partial charge on any atom is -0.384 e. The number of halogens is 1. The van der Waals surface area contributed by atoms with Crippen LogP contribution < -0.4 is 0 Å². The third kappa shape index (κ3) is 3.79. The van der Waals surface area contributed by atoms with Gasteiger partial charge < -0.3 is 5.11 Å². The van der Waals surface area contributed by atoms with Crippen LogP contribution in [0.3, 0.4) is 0 Å². The quantitative estimate of drug-likeness (QED) is 0.855. The summed E-state index contributed by atoms with van der Waals surface area (Å²) in [6.45, 7) is 4.37. The Balaban J connectivity index is 2.26. The van der Waals surface area contributed by atoms with Crippen molar-refractivity contribution in [2.75, 3.05) is 0 Å². The Labute approximate surface area is 119 Å². The summed E-state index contributed by atoms with van der Waals surface area (Å²) in [4.78, 5) is 3.93. The number of aliphatic hydroxyl groups excluding tert-OH is 1.